The molecule has 0 aliphatic carbocycles. The first-order valence-corrected chi connectivity index (χ1v) is 5.93. The summed E-state index contributed by atoms with van der Waals surface area (Å²) in [6.07, 6.45) is 0. The SMILES string of the molecule is NC(=NO)c1cccc(Oc2ccc(Cl)c(Cl)c2)n1. The van der Waals surface area contributed by atoms with E-state index in [9.17, 15) is 0 Å². The molecule has 0 saturated heterocycles. The van der Waals surface area contributed by atoms with Crippen molar-refractivity contribution in [3.63, 3.8) is 0 Å². The number of amidine groups is 1. The second kappa shape index (κ2) is 5.77. The van der Waals surface area contributed by atoms with Crippen molar-refractivity contribution in [2.24, 2.45) is 10.9 Å². The minimum Gasteiger partial charge on any atom is -0.439 e. The molecule has 0 spiro atoms. The molecule has 0 saturated carbocycles. The van der Waals surface area contributed by atoms with E-state index in [1.54, 1.807) is 36.4 Å². The van der Waals surface area contributed by atoms with Gasteiger partial charge in [0.05, 0.1) is 10.0 Å². The van der Waals surface area contributed by atoms with Gasteiger partial charge in [0.1, 0.15) is 11.4 Å². The molecule has 0 amide bonds. The summed E-state index contributed by atoms with van der Waals surface area (Å²) in [4.78, 5) is 4.08. The lowest BCUT2D eigenvalue weighted by Gasteiger charge is -2.06. The van der Waals surface area contributed by atoms with Crippen LogP contribution in [0.2, 0.25) is 10.0 Å². The second-order valence-electron chi connectivity index (χ2n) is 3.52. The van der Waals surface area contributed by atoms with Gasteiger partial charge in [0, 0.05) is 12.1 Å². The zero-order valence-corrected chi connectivity index (χ0v) is 11.1. The Labute approximate surface area is 119 Å². The number of benzene rings is 1. The first kappa shape index (κ1) is 13.5. The molecule has 7 heteroatoms. The van der Waals surface area contributed by atoms with Crippen molar-refractivity contribution in [2.45, 2.75) is 0 Å². The zero-order chi connectivity index (χ0) is 13.8. The highest BCUT2D eigenvalue weighted by Crippen LogP contribution is 2.28. The van der Waals surface area contributed by atoms with Crippen LogP contribution in [-0.2, 0) is 0 Å². The number of ether oxygens (including phenoxy) is 1. The van der Waals surface area contributed by atoms with Crippen LogP contribution < -0.4 is 10.5 Å². The normalized spacial score (nSPS) is 11.4. The third kappa shape index (κ3) is 3.27. The van der Waals surface area contributed by atoms with Gasteiger partial charge in [-0.2, -0.15) is 0 Å². The van der Waals surface area contributed by atoms with Crippen LogP contribution in [0.25, 0.3) is 0 Å². The first-order valence-electron chi connectivity index (χ1n) is 5.18. The van der Waals surface area contributed by atoms with E-state index in [2.05, 4.69) is 10.1 Å². The number of aromatic nitrogens is 1. The number of pyridine rings is 1. The Kier molecular flexibility index (Phi) is 4.09. The molecule has 0 aliphatic rings. The van der Waals surface area contributed by atoms with Crippen LogP contribution in [0, 0.1) is 0 Å². The van der Waals surface area contributed by atoms with Gasteiger partial charge >= 0.3 is 0 Å². The van der Waals surface area contributed by atoms with Crippen molar-refractivity contribution in [1.82, 2.24) is 4.98 Å². The van der Waals surface area contributed by atoms with E-state index in [-0.39, 0.29) is 5.84 Å². The highest BCUT2D eigenvalue weighted by molar-refractivity contribution is 6.42. The zero-order valence-electron chi connectivity index (χ0n) is 9.55. The molecule has 0 aliphatic heterocycles. The van der Waals surface area contributed by atoms with Gasteiger partial charge in [0.2, 0.25) is 5.88 Å². The topological polar surface area (TPSA) is 80.7 Å². The van der Waals surface area contributed by atoms with E-state index in [1.165, 1.54) is 0 Å². The quantitative estimate of drug-likeness (QED) is 0.394. The maximum atomic E-state index is 8.59. The van der Waals surface area contributed by atoms with Crippen LogP contribution >= 0.6 is 23.2 Å². The third-order valence-corrected chi connectivity index (χ3v) is 2.95. The fraction of sp³-hybridized carbons (Fsp3) is 0. The van der Waals surface area contributed by atoms with Crippen molar-refractivity contribution in [2.75, 3.05) is 0 Å². The summed E-state index contributed by atoms with van der Waals surface area (Å²) in [5, 5.41) is 12.3. The van der Waals surface area contributed by atoms with Crippen molar-refractivity contribution >= 4 is 29.0 Å². The lowest BCUT2D eigenvalue weighted by Crippen LogP contribution is -2.14. The number of nitrogens with two attached hydrogens (primary N) is 1. The molecule has 0 unspecified atom stereocenters. The molecule has 5 nitrogen and oxygen atoms in total. The van der Waals surface area contributed by atoms with E-state index in [1.807, 2.05) is 0 Å². The summed E-state index contributed by atoms with van der Waals surface area (Å²) >= 11 is 11.7. The number of oxime groups is 1. The fourth-order valence-corrected chi connectivity index (χ4v) is 1.61. The molecule has 2 aromatic rings. The summed E-state index contributed by atoms with van der Waals surface area (Å²) in [5.74, 6) is 0.681. The van der Waals surface area contributed by atoms with Crippen molar-refractivity contribution in [3.05, 3.63) is 52.1 Å². The molecule has 0 bridgehead atoms. The molecule has 1 aromatic heterocycles. The average Bonchev–Trinajstić information content (AvgIpc) is 2.42. The second-order valence-corrected chi connectivity index (χ2v) is 4.34. The fourth-order valence-electron chi connectivity index (χ4n) is 1.33. The maximum absolute atomic E-state index is 8.59. The lowest BCUT2D eigenvalue weighted by atomic mass is 10.3. The Morgan fingerprint density at radius 3 is 2.68 bits per heavy atom. The standard InChI is InChI=1S/C12H9Cl2N3O2/c13-8-5-4-7(6-9(8)14)19-11-3-1-2-10(16-11)12(15)17-18/h1-6,18H,(H2,15,17). The molecule has 0 radical (unpaired) electrons. The van der Waals surface area contributed by atoms with Gasteiger partial charge in [0.25, 0.3) is 0 Å². The lowest BCUT2D eigenvalue weighted by molar-refractivity contribution is 0.318. The summed E-state index contributed by atoms with van der Waals surface area (Å²) in [6.45, 7) is 0. The molecule has 19 heavy (non-hydrogen) atoms. The minimum absolute atomic E-state index is 0.0976. The number of hydrogen-bond donors (Lipinski definition) is 2. The highest BCUT2D eigenvalue weighted by Gasteiger charge is 2.05. The average molecular weight is 298 g/mol. The van der Waals surface area contributed by atoms with Gasteiger partial charge in [-0.1, -0.05) is 34.4 Å². The van der Waals surface area contributed by atoms with E-state index < -0.39 is 0 Å². The summed E-state index contributed by atoms with van der Waals surface area (Å²) in [6, 6.07) is 9.75. The Morgan fingerprint density at radius 2 is 2.00 bits per heavy atom. The highest BCUT2D eigenvalue weighted by atomic mass is 35.5. The van der Waals surface area contributed by atoms with Crippen LogP contribution in [0.5, 0.6) is 11.6 Å². The van der Waals surface area contributed by atoms with Crippen LogP contribution in [0.15, 0.2) is 41.6 Å². The van der Waals surface area contributed by atoms with Gasteiger partial charge < -0.3 is 15.7 Å². The van der Waals surface area contributed by atoms with Crippen LogP contribution in [0.4, 0.5) is 0 Å². The van der Waals surface area contributed by atoms with Crippen LogP contribution in [0.3, 0.4) is 0 Å². The van der Waals surface area contributed by atoms with E-state index in [4.69, 9.17) is 38.9 Å². The maximum Gasteiger partial charge on any atom is 0.219 e. The van der Waals surface area contributed by atoms with Gasteiger partial charge in [-0.05, 0) is 18.2 Å². The van der Waals surface area contributed by atoms with E-state index in [0.717, 1.165) is 0 Å². The largest absolute Gasteiger partial charge is 0.439 e. The number of hydrogen-bond acceptors (Lipinski definition) is 4. The Hall–Kier alpha value is -1.98. The number of nitrogens with zero attached hydrogens (tertiary/aromatic N) is 2. The predicted molar refractivity (Wildman–Crippen MR) is 73.3 cm³/mol. The van der Waals surface area contributed by atoms with Crippen molar-refractivity contribution < 1.29 is 9.94 Å². The predicted octanol–water partition coefficient (Wildman–Crippen LogP) is 3.28. The Balaban J connectivity index is 2.26. The molecular weight excluding hydrogens is 289 g/mol. The third-order valence-electron chi connectivity index (χ3n) is 2.21. The smallest absolute Gasteiger partial charge is 0.219 e. The molecule has 2 rings (SSSR count). The van der Waals surface area contributed by atoms with Gasteiger partial charge in [0.15, 0.2) is 5.84 Å². The molecule has 0 atom stereocenters. The first-order chi connectivity index (χ1) is 9.10. The van der Waals surface area contributed by atoms with Gasteiger partial charge in [-0.15, -0.1) is 0 Å². The number of rotatable bonds is 3. The van der Waals surface area contributed by atoms with Crippen molar-refractivity contribution in [3.8, 4) is 11.6 Å². The Morgan fingerprint density at radius 1 is 1.21 bits per heavy atom. The summed E-state index contributed by atoms with van der Waals surface area (Å²) in [5.41, 5.74) is 5.75. The monoisotopic (exact) mass is 297 g/mol. The summed E-state index contributed by atoms with van der Waals surface area (Å²) < 4.78 is 5.50. The van der Waals surface area contributed by atoms with Gasteiger partial charge in [-0.3, -0.25) is 0 Å². The van der Waals surface area contributed by atoms with Crippen molar-refractivity contribution in [1.29, 1.82) is 0 Å². The molecule has 0 fully saturated rings. The summed E-state index contributed by atoms with van der Waals surface area (Å²) in [7, 11) is 0. The van der Waals surface area contributed by atoms with Crippen LogP contribution in [-0.4, -0.2) is 16.0 Å². The van der Waals surface area contributed by atoms with Crippen LogP contribution in [0.1, 0.15) is 5.69 Å². The minimum atomic E-state index is -0.0976. The van der Waals surface area contributed by atoms with E-state index >= 15 is 0 Å². The Bertz CT molecular complexity index is 632. The molecule has 98 valence electrons. The van der Waals surface area contributed by atoms with E-state index in [0.29, 0.717) is 27.4 Å². The molecular formula is C12H9Cl2N3O2. The molecule has 1 heterocycles. The molecule has 3 N–H and O–H groups in total. The molecule has 1 aromatic carbocycles. The van der Waals surface area contributed by atoms with Gasteiger partial charge in [-0.25, -0.2) is 4.98 Å². The number of halogens is 2.